The average Bonchev–Trinajstić information content (AvgIpc) is 3.74. The number of hydrogen-bond acceptors (Lipinski definition) is 10. The van der Waals surface area contributed by atoms with Gasteiger partial charge in [0, 0.05) is 26.1 Å². The molecule has 1 unspecified atom stereocenters. The van der Waals surface area contributed by atoms with E-state index in [1.807, 2.05) is 0 Å². The van der Waals surface area contributed by atoms with Crippen LogP contribution in [-0.4, -0.2) is 87.5 Å². The van der Waals surface area contributed by atoms with Gasteiger partial charge in [-0.05, 0) is 95.7 Å². The molecule has 0 radical (unpaired) electrons. The number of likely N-dealkylation sites (tertiary alicyclic amines) is 1. The first-order valence-electron chi connectivity index (χ1n) is 24.8. The van der Waals surface area contributed by atoms with Gasteiger partial charge < -0.3 is 28.6 Å². The summed E-state index contributed by atoms with van der Waals surface area (Å²) in [7, 11) is 0. The Labute approximate surface area is 361 Å². The number of hydrogen-bond donors (Lipinski definition) is 0. The third-order valence-electron chi connectivity index (χ3n) is 11.7. The molecule has 1 aliphatic rings. The van der Waals surface area contributed by atoms with Gasteiger partial charge in [-0.15, -0.1) is 0 Å². The number of carbonyl (C=O) groups excluding carboxylic acids is 4. The van der Waals surface area contributed by atoms with Gasteiger partial charge in [0.25, 0.3) is 0 Å². The van der Waals surface area contributed by atoms with Gasteiger partial charge in [0.2, 0.25) is 0 Å². The topological polar surface area (TPSA) is 118 Å². The van der Waals surface area contributed by atoms with Gasteiger partial charge in [-0.3, -0.25) is 19.2 Å². The van der Waals surface area contributed by atoms with Crippen molar-refractivity contribution < 1.29 is 42.9 Å². The second-order valence-electron chi connectivity index (χ2n) is 17.2. The molecule has 1 aliphatic heterocycles. The van der Waals surface area contributed by atoms with E-state index in [4.69, 9.17) is 23.7 Å². The molecular formula is C49H91NO9. The molecule has 0 bridgehead atoms. The lowest BCUT2D eigenvalue weighted by atomic mass is 9.92. The van der Waals surface area contributed by atoms with Crippen molar-refractivity contribution in [3.63, 3.8) is 0 Å². The molecule has 1 saturated heterocycles. The molecule has 0 aliphatic carbocycles. The quantitative estimate of drug-likeness (QED) is 0.0334. The molecule has 0 aromatic rings. The van der Waals surface area contributed by atoms with Crippen LogP contribution in [0.3, 0.4) is 0 Å². The largest absolute Gasteiger partial charge is 0.466 e. The van der Waals surface area contributed by atoms with Gasteiger partial charge in [-0.25, -0.2) is 0 Å². The number of esters is 4. The van der Waals surface area contributed by atoms with Crippen molar-refractivity contribution >= 4 is 23.9 Å². The maximum atomic E-state index is 12.8. The van der Waals surface area contributed by atoms with Gasteiger partial charge in [-0.2, -0.15) is 0 Å². The van der Waals surface area contributed by atoms with Crippen molar-refractivity contribution in [1.29, 1.82) is 0 Å². The Morgan fingerprint density at radius 3 is 1.34 bits per heavy atom. The summed E-state index contributed by atoms with van der Waals surface area (Å²) < 4.78 is 28.2. The van der Waals surface area contributed by atoms with Crippen LogP contribution in [0.25, 0.3) is 0 Å². The van der Waals surface area contributed by atoms with Crippen LogP contribution in [0.2, 0.25) is 0 Å². The number of ether oxygens (including phenoxy) is 5. The predicted octanol–water partition coefficient (Wildman–Crippen LogP) is 11.9. The highest BCUT2D eigenvalue weighted by Gasteiger charge is 2.18. The van der Waals surface area contributed by atoms with E-state index in [-0.39, 0.29) is 43.5 Å². The summed E-state index contributed by atoms with van der Waals surface area (Å²) in [4.78, 5) is 52.3. The minimum absolute atomic E-state index is 0.00152. The second kappa shape index (κ2) is 39.9. The van der Waals surface area contributed by atoms with Crippen molar-refractivity contribution in [3.8, 4) is 0 Å². The van der Waals surface area contributed by atoms with E-state index in [9.17, 15) is 19.2 Å². The molecule has 0 amide bonds. The molecule has 0 N–H and O–H groups in total. The number of nitrogens with zero attached hydrogens (tertiary/aromatic N) is 1. The molecule has 0 saturated carbocycles. The summed E-state index contributed by atoms with van der Waals surface area (Å²) in [5, 5.41) is 0. The third kappa shape index (κ3) is 34.1. The van der Waals surface area contributed by atoms with Crippen LogP contribution in [0.15, 0.2) is 0 Å². The van der Waals surface area contributed by atoms with E-state index >= 15 is 0 Å². The van der Waals surface area contributed by atoms with E-state index < -0.39 is 5.97 Å². The predicted molar refractivity (Wildman–Crippen MR) is 238 cm³/mol. The molecule has 59 heavy (non-hydrogen) atoms. The Kier molecular flexibility index (Phi) is 37.1. The van der Waals surface area contributed by atoms with E-state index in [1.165, 1.54) is 116 Å². The van der Waals surface area contributed by atoms with Crippen molar-refractivity contribution in [3.05, 3.63) is 0 Å². The Balaban J connectivity index is 2.36. The lowest BCUT2D eigenvalue weighted by molar-refractivity contribution is -0.152. The summed E-state index contributed by atoms with van der Waals surface area (Å²) in [5.41, 5.74) is 0. The normalized spacial score (nSPS) is 13.6. The number of carbonyl (C=O) groups is 4. The zero-order chi connectivity index (χ0) is 43.0. The Morgan fingerprint density at radius 2 is 0.847 bits per heavy atom. The Hall–Kier alpha value is -2.20. The lowest BCUT2D eigenvalue weighted by Crippen LogP contribution is -2.23. The fourth-order valence-electron chi connectivity index (χ4n) is 7.99. The zero-order valence-electron chi connectivity index (χ0n) is 38.7. The summed E-state index contributed by atoms with van der Waals surface area (Å²) in [6.07, 6.45) is 28.4. The SMILES string of the molecule is CCCCCC(CCCCC)CCOC(=O)CCCOCCCC(CCCOC(=O)CCC(=O)OCCC(CCCCC)CCCCC)OC(=O)CCCN1CCCC1. The van der Waals surface area contributed by atoms with Crippen LogP contribution in [0.5, 0.6) is 0 Å². The first-order valence-corrected chi connectivity index (χ1v) is 24.8. The lowest BCUT2D eigenvalue weighted by Gasteiger charge is -2.19. The molecule has 1 atom stereocenters. The molecule has 0 spiro atoms. The zero-order valence-corrected chi connectivity index (χ0v) is 38.7. The monoisotopic (exact) mass is 838 g/mol. The highest BCUT2D eigenvalue weighted by Crippen LogP contribution is 2.23. The molecular weight excluding hydrogens is 747 g/mol. The van der Waals surface area contributed by atoms with Crippen molar-refractivity contribution in [1.82, 2.24) is 4.90 Å². The highest BCUT2D eigenvalue weighted by atomic mass is 16.6. The summed E-state index contributed by atoms with van der Waals surface area (Å²) >= 11 is 0. The first-order chi connectivity index (χ1) is 28.8. The van der Waals surface area contributed by atoms with Crippen LogP contribution in [0, 0.1) is 11.8 Å². The van der Waals surface area contributed by atoms with Crippen molar-refractivity contribution in [2.24, 2.45) is 11.8 Å². The molecule has 346 valence electrons. The van der Waals surface area contributed by atoms with Crippen molar-refractivity contribution in [2.45, 2.75) is 226 Å². The molecule has 10 heteroatoms. The van der Waals surface area contributed by atoms with E-state index in [0.29, 0.717) is 83.2 Å². The van der Waals surface area contributed by atoms with Gasteiger partial charge in [0.1, 0.15) is 6.10 Å². The Morgan fingerprint density at radius 1 is 0.424 bits per heavy atom. The second-order valence-corrected chi connectivity index (χ2v) is 17.2. The van der Waals surface area contributed by atoms with Crippen LogP contribution in [0.1, 0.15) is 220 Å². The van der Waals surface area contributed by atoms with Gasteiger partial charge >= 0.3 is 23.9 Å². The van der Waals surface area contributed by atoms with Crippen LogP contribution < -0.4 is 0 Å². The van der Waals surface area contributed by atoms with Crippen LogP contribution >= 0.6 is 0 Å². The summed E-state index contributed by atoms with van der Waals surface area (Å²) in [5.74, 6) is 0.128. The standard InChI is InChI=1S/C49H91NO9/c1-5-9-13-23-43(24-14-10-6-2)33-41-57-46(51)30-22-39-55-38-20-27-45(59-49(54)29-19-37-50-35-17-18-36-50)28-21-40-56-47(52)31-32-48(53)58-42-34-44(25-15-11-7-3)26-16-12-8-4/h43-45H,5-42H2,1-4H3. The molecule has 10 nitrogen and oxygen atoms in total. The molecule has 0 aromatic carbocycles. The molecule has 1 rings (SSSR count). The highest BCUT2D eigenvalue weighted by molar-refractivity contribution is 5.77. The smallest absolute Gasteiger partial charge is 0.306 e. The van der Waals surface area contributed by atoms with Gasteiger partial charge in [0.15, 0.2) is 0 Å². The van der Waals surface area contributed by atoms with E-state index in [2.05, 4.69) is 32.6 Å². The molecule has 0 aromatic heterocycles. The van der Waals surface area contributed by atoms with E-state index in [1.54, 1.807) is 0 Å². The number of unbranched alkanes of at least 4 members (excludes halogenated alkanes) is 8. The van der Waals surface area contributed by atoms with Crippen LogP contribution in [-0.2, 0) is 42.9 Å². The van der Waals surface area contributed by atoms with Crippen molar-refractivity contribution in [2.75, 3.05) is 52.7 Å². The Bertz CT molecular complexity index is 997. The minimum atomic E-state index is -0.416. The van der Waals surface area contributed by atoms with Crippen LogP contribution in [0.4, 0.5) is 0 Å². The summed E-state index contributed by atoms with van der Waals surface area (Å²) in [6.45, 7) is 14.2. The van der Waals surface area contributed by atoms with E-state index in [0.717, 1.165) is 38.9 Å². The molecule has 1 heterocycles. The fraction of sp³-hybridized carbons (Fsp3) is 0.918. The third-order valence-corrected chi connectivity index (χ3v) is 11.7. The van der Waals surface area contributed by atoms with Gasteiger partial charge in [-0.1, -0.05) is 130 Å². The fourth-order valence-corrected chi connectivity index (χ4v) is 7.99. The average molecular weight is 838 g/mol. The summed E-state index contributed by atoms with van der Waals surface area (Å²) in [6, 6.07) is 0. The first kappa shape index (κ1) is 54.8. The molecule has 1 fully saturated rings. The number of rotatable bonds is 42. The maximum absolute atomic E-state index is 12.8. The van der Waals surface area contributed by atoms with Gasteiger partial charge in [0.05, 0.1) is 32.7 Å². The minimum Gasteiger partial charge on any atom is -0.466 e. The maximum Gasteiger partial charge on any atom is 0.306 e.